The van der Waals surface area contributed by atoms with Gasteiger partial charge >= 0.3 is 0 Å². The standard InChI is InChI=1S/C25H24ClN3O5/c1-15-7-9-16(10-8-15)13-28-25(32)18-5-3-4-6-20(18)29-24(31)17-11-19(26)23(21(12-17)33-2)34-14-22(27)30/h3-12H,13-14H2,1-2H3,(H2,27,30)(H,28,32)(H,29,31). The van der Waals surface area contributed by atoms with Gasteiger partial charge in [0.05, 0.1) is 23.4 Å². The molecule has 3 amide bonds. The summed E-state index contributed by atoms with van der Waals surface area (Å²) in [4.78, 5) is 36.7. The fourth-order valence-electron chi connectivity index (χ4n) is 3.10. The first-order valence-electron chi connectivity index (χ1n) is 10.3. The van der Waals surface area contributed by atoms with E-state index in [2.05, 4.69) is 10.6 Å². The van der Waals surface area contributed by atoms with Crippen molar-refractivity contribution in [2.75, 3.05) is 19.0 Å². The molecule has 0 fully saturated rings. The minimum absolute atomic E-state index is 0.0647. The Morgan fingerprint density at radius 3 is 2.38 bits per heavy atom. The molecule has 3 rings (SSSR count). The third-order valence-corrected chi connectivity index (χ3v) is 5.12. The summed E-state index contributed by atoms with van der Waals surface area (Å²) in [6.07, 6.45) is 0. The normalized spacial score (nSPS) is 10.3. The van der Waals surface area contributed by atoms with Crippen LogP contribution in [-0.2, 0) is 11.3 Å². The van der Waals surface area contributed by atoms with Gasteiger partial charge in [0, 0.05) is 12.1 Å². The molecule has 9 heteroatoms. The van der Waals surface area contributed by atoms with Crippen molar-refractivity contribution in [2.24, 2.45) is 5.73 Å². The molecular weight excluding hydrogens is 458 g/mol. The number of hydrogen-bond donors (Lipinski definition) is 3. The SMILES string of the molecule is COc1cc(C(=O)Nc2ccccc2C(=O)NCc2ccc(C)cc2)cc(Cl)c1OCC(N)=O. The highest BCUT2D eigenvalue weighted by Gasteiger charge is 2.19. The number of para-hydroxylation sites is 1. The van der Waals surface area contributed by atoms with Gasteiger partial charge in [-0.3, -0.25) is 14.4 Å². The first-order valence-corrected chi connectivity index (χ1v) is 10.7. The van der Waals surface area contributed by atoms with Gasteiger partial charge < -0.3 is 25.8 Å². The van der Waals surface area contributed by atoms with E-state index in [1.807, 2.05) is 31.2 Å². The van der Waals surface area contributed by atoms with Crippen LogP contribution in [0.4, 0.5) is 5.69 Å². The molecule has 0 aliphatic carbocycles. The summed E-state index contributed by atoms with van der Waals surface area (Å²) in [6.45, 7) is 1.94. The van der Waals surface area contributed by atoms with Gasteiger partial charge in [0.25, 0.3) is 17.7 Å². The maximum Gasteiger partial charge on any atom is 0.255 e. The van der Waals surface area contributed by atoms with Crippen molar-refractivity contribution >= 4 is 35.0 Å². The second-order valence-corrected chi connectivity index (χ2v) is 7.82. The zero-order chi connectivity index (χ0) is 24.7. The Morgan fingerprint density at radius 2 is 1.71 bits per heavy atom. The molecule has 34 heavy (non-hydrogen) atoms. The van der Waals surface area contributed by atoms with Crippen LogP contribution in [0.25, 0.3) is 0 Å². The highest BCUT2D eigenvalue weighted by Crippen LogP contribution is 2.36. The Balaban J connectivity index is 1.76. The lowest BCUT2D eigenvalue weighted by Crippen LogP contribution is -2.25. The van der Waals surface area contributed by atoms with Crippen LogP contribution in [0.5, 0.6) is 11.5 Å². The Morgan fingerprint density at radius 1 is 1.00 bits per heavy atom. The topological polar surface area (TPSA) is 120 Å². The molecule has 0 saturated carbocycles. The van der Waals surface area contributed by atoms with Crippen molar-refractivity contribution in [3.63, 3.8) is 0 Å². The minimum Gasteiger partial charge on any atom is -0.493 e. The average Bonchev–Trinajstić information content (AvgIpc) is 2.82. The van der Waals surface area contributed by atoms with Crippen LogP contribution >= 0.6 is 11.6 Å². The van der Waals surface area contributed by atoms with Crippen LogP contribution in [0, 0.1) is 6.92 Å². The van der Waals surface area contributed by atoms with Crippen molar-refractivity contribution in [1.82, 2.24) is 5.32 Å². The van der Waals surface area contributed by atoms with Gasteiger partial charge in [0.1, 0.15) is 0 Å². The first kappa shape index (κ1) is 24.6. The van der Waals surface area contributed by atoms with Crippen molar-refractivity contribution in [2.45, 2.75) is 13.5 Å². The third kappa shape index (κ3) is 6.26. The average molecular weight is 482 g/mol. The molecule has 0 radical (unpaired) electrons. The summed E-state index contributed by atoms with van der Waals surface area (Å²) in [7, 11) is 1.37. The van der Waals surface area contributed by atoms with Crippen LogP contribution < -0.4 is 25.8 Å². The molecule has 3 aromatic carbocycles. The molecule has 0 spiro atoms. The Hall–Kier alpha value is -4.04. The number of benzene rings is 3. The van der Waals surface area contributed by atoms with E-state index >= 15 is 0 Å². The zero-order valence-electron chi connectivity index (χ0n) is 18.7. The van der Waals surface area contributed by atoms with Gasteiger partial charge in [-0.15, -0.1) is 0 Å². The van der Waals surface area contributed by atoms with E-state index in [0.717, 1.165) is 11.1 Å². The molecular formula is C25H24ClN3O5. The van der Waals surface area contributed by atoms with E-state index < -0.39 is 18.4 Å². The predicted octanol–water partition coefficient (Wildman–Crippen LogP) is 3.70. The van der Waals surface area contributed by atoms with E-state index in [1.165, 1.54) is 19.2 Å². The van der Waals surface area contributed by atoms with E-state index in [-0.39, 0.29) is 28.0 Å². The smallest absolute Gasteiger partial charge is 0.255 e. The summed E-state index contributed by atoms with van der Waals surface area (Å²) >= 11 is 6.23. The summed E-state index contributed by atoms with van der Waals surface area (Å²) in [5.74, 6) is -1.28. The highest BCUT2D eigenvalue weighted by molar-refractivity contribution is 6.33. The Labute approximate surface area is 202 Å². The lowest BCUT2D eigenvalue weighted by atomic mass is 10.1. The van der Waals surface area contributed by atoms with Crippen LogP contribution in [-0.4, -0.2) is 31.4 Å². The number of carbonyl (C=O) groups excluding carboxylic acids is 3. The van der Waals surface area contributed by atoms with Crippen LogP contribution in [0.3, 0.4) is 0 Å². The number of carbonyl (C=O) groups is 3. The Kier molecular flexibility index (Phi) is 8.10. The molecule has 0 unspecified atom stereocenters. The summed E-state index contributed by atoms with van der Waals surface area (Å²) in [5.41, 5.74) is 8.00. The van der Waals surface area contributed by atoms with Gasteiger partial charge in [-0.1, -0.05) is 53.6 Å². The van der Waals surface area contributed by atoms with Gasteiger partial charge in [-0.2, -0.15) is 0 Å². The fourth-order valence-corrected chi connectivity index (χ4v) is 3.37. The van der Waals surface area contributed by atoms with E-state index in [0.29, 0.717) is 17.8 Å². The van der Waals surface area contributed by atoms with E-state index in [9.17, 15) is 14.4 Å². The van der Waals surface area contributed by atoms with Crippen molar-refractivity contribution < 1.29 is 23.9 Å². The Bertz CT molecular complexity index is 1210. The lowest BCUT2D eigenvalue weighted by molar-refractivity contribution is -0.119. The van der Waals surface area contributed by atoms with E-state index in [1.54, 1.807) is 24.3 Å². The van der Waals surface area contributed by atoms with Gasteiger partial charge in [-0.25, -0.2) is 0 Å². The number of amides is 3. The van der Waals surface area contributed by atoms with Gasteiger partial charge in [-0.05, 0) is 36.8 Å². The van der Waals surface area contributed by atoms with Gasteiger partial charge in [0.15, 0.2) is 18.1 Å². The number of halogens is 1. The third-order valence-electron chi connectivity index (χ3n) is 4.84. The fraction of sp³-hybridized carbons (Fsp3) is 0.160. The molecule has 3 aromatic rings. The zero-order valence-corrected chi connectivity index (χ0v) is 19.4. The molecule has 176 valence electrons. The quantitative estimate of drug-likeness (QED) is 0.430. The first-order chi connectivity index (χ1) is 16.3. The molecule has 4 N–H and O–H groups in total. The number of nitrogens with two attached hydrogens (primary N) is 1. The number of nitrogens with one attached hydrogen (secondary N) is 2. The van der Waals surface area contributed by atoms with Crippen molar-refractivity contribution in [3.8, 4) is 11.5 Å². The number of aryl methyl sites for hydroxylation is 1. The molecule has 0 aliphatic rings. The largest absolute Gasteiger partial charge is 0.493 e. The number of ether oxygens (including phenoxy) is 2. The van der Waals surface area contributed by atoms with Crippen molar-refractivity contribution in [1.29, 1.82) is 0 Å². The van der Waals surface area contributed by atoms with Crippen LogP contribution in [0.15, 0.2) is 60.7 Å². The monoisotopic (exact) mass is 481 g/mol. The maximum absolute atomic E-state index is 12.9. The number of anilines is 1. The van der Waals surface area contributed by atoms with Crippen LogP contribution in [0.1, 0.15) is 31.8 Å². The number of primary amides is 1. The summed E-state index contributed by atoms with van der Waals surface area (Å²) < 4.78 is 10.5. The molecule has 0 saturated heterocycles. The molecule has 0 aliphatic heterocycles. The van der Waals surface area contributed by atoms with Gasteiger partial charge in [0.2, 0.25) is 0 Å². The number of methoxy groups -OCH3 is 1. The summed E-state index contributed by atoms with van der Waals surface area (Å²) in [5, 5.41) is 5.66. The molecule has 0 aromatic heterocycles. The van der Waals surface area contributed by atoms with E-state index in [4.69, 9.17) is 26.8 Å². The highest BCUT2D eigenvalue weighted by atomic mass is 35.5. The molecule has 0 bridgehead atoms. The molecule has 8 nitrogen and oxygen atoms in total. The van der Waals surface area contributed by atoms with Crippen molar-refractivity contribution in [3.05, 3.63) is 87.9 Å². The predicted molar refractivity (Wildman–Crippen MR) is 129 cm³/mol. The summed E-state index contributed by atoms with van der Waals surface area (Å²) in [6, 6.07) is 17.3. The lowest BCUT2D eigenvalue weighted by Gasteiger charge is -2.14. The molecule has 0 atom stereocenters. The maximum atomic E-state index is 12.9. The number of hydrogen-bond acceptors (Lipinski definition) is 5. The van der Waals surface area contributed by atoms with Crippen LogP contribution in [0.2, 0.25) is 5.02 Å². The molecule has 0 heterocycles. The second kappa shape index (κ2) is 11.2. The second-order valence-electron chi connectivity index (χ2n) is 7.41. The minimum atomic E-state index is -0.683. The number of rotatable bonds is 9.